The molecule has 90 valence electrons. The Morgan fingerprint density at radius 1 is 1.29 bits per heavy atom. The van der Waals surface area contributed by atoms with Gasteiger partial charge in [0.2, 0.25) is 10.0 Å². The molecule has 1 aliphatic heterocycles. The lowest BCUT2D eigenvalue weighted by Gasteiger charge is -2.18. The molecule has 0 fully saturated rings. The van der Waals surface area contributed by atoms with E-state index in [9.17, 15) is 8.42 Å². The quantitative estimate of drug-likeness (QED) is 0.794. The van der Waals surface area contributed by atoms with Gasteiger partial charge in [0.05, 0.1) is 6.07 Å². The van der Waals surface area contributed by atoms with Crippen LogP contribution in [0.15, 0.2) is 24.3 Å². The van der Waals surface area contributed by atoms with Crippen LogP contribution in [0.1, 0.15) is 17.5 Å². The first-order valence-electron chi connectivity index (χ1n) is 5.55. The van der Waals surface area contributed by atoms with Gasteiger partial charge in [0.1, 0.15) is 0 Å². The third-order valence-corrected chi connectivity index (χ3v) is 4.55. The number of fused-ring (bicyclic) bond motifs is 1. The Morgan fingerprint density at radius 2 is 2.00 bits per heavy atom. The van der Waals surface area contributed by atoms with E-state index < -0.39 is 15.8 Å². The van der Waals surface area contributed by atoms with Gasteiger partial charge in [0, 0.05) is 13.1 Å². The highest BCUT2D eigenvalue weighted by Crippen LogP contribution is 2.20. The zero-order chi connectivity index (χ0) is 12.3. The van der Waals surface area contributed by atoms with Crippen LogP contribution in [-0.4, -0.2) is 25.0 Å². The summed E-state index contributed by atoms with van der Waals surface area (Å²) in [6, 6.07) is 9.60. The van der Waals surface area contributed by atoms with E-state index in [1.807, 2.05) is 24.3 Å². The first kappa shape index (κ1) is 12.1. The minimum Gasteiger partial charge on any atom is -0.211 e. The molecule has 0 bridgehead atoms. The maximum absolute atomic E-state index is 11.9. The highest BCUT2D eigenvalue weighted by Gasteiger charge is 2.24. The van der Waals surface area contributed by atoms with Crippen LogP contribution >= 0.6 is 0 Å². The van der Waals surface area contributed by atoms with Crippen LogP contribution in [0.4, 0.5) is 0 Å². The van der Waals surface area contributed by atoms with Crippen LogP contribution in [-0.2, 0) is 23.0 Å². The van der Waals surface area contributed by atoms with Gasteiger partial charge in [-0.25, -0.2) is 8.42 Å². The fourth-order valence-electron chi connectivity index (χ4n) is 2.08. The summed E-state index contributed by atoms with van der Waals surface area (Å²) in [5.41, 5.74) is 2.26. The molecule has 1 aromatic carbocycles. The monoisotopic (exact) mass is 250 g/mol. The standard InChI is InChI=1S/C12H14N2O2S/c13-7-9-17(15,16)14-8-3-6-11-4-1-2-5-12(11)10-14/h1-2,4-5H,3,6,8-10H2. The zero-order valence-corrected chi connectivity index (χ0v) is 10.3. The number of nitrogens with zero attached hydrogens (tertiary/aromatic N) is 2. The number of sulfonamides is 1. The van der Waals surface area contributed by atoms with Crippen molar-refractivity contribution in [2.75, 3.05) is 12.3 Å². The van der Waals surface area contributed by atoms with Crippen molar-refractivity contribution in [3.8, 4) is 6.07 Å². The molecule has 0 atom stereocenters. The van der Waals surface area contributed by atoms with Gasteiger partial charge in [-0.1, -0.05) is 24.3 Å². The number of aryl methyl sites for hydroxylation is 1. The Morgan fingerprint density at radius 3 is 2.71 bits per heavy atom. The van der Waals surface area contributed by atoms with E-state index >= 15 is 0 Å². The smallest absolute Gasteiger partial charge is 0.211 e. The molecule has 0 saturated carbocycles. The summed E-state index contributed by atoms with van der Waals surface area (Å²) in [7, 11) is -3.43. The van der Waals surface area contributed by atoms with E-state index in [0.29, 0.717) is 13.1 Å². The van der Waals surface area contributed by atoms with E-state index in [1.165, 1.54) is 9.87 Å². The van der Waals surface area contributed by atoms with Crippen molar-refractivity contribution >= 4 is 10.0 Å². The average molecular weight is 250 g/mol. The summed E-state index contributed by atoms with van der Waals surface area (Å²) >= 11 is 0. The molecule has 0 saturated heterocycles. The second kappa shape index (κ2) is 4.86. The van der Waals surface area contributed by atoms with Crippen LogP contribution in [0.25, 0.3) is 0 Å². The zero-order valence-electron chi connectivity index (χ0n) is 9.46. The summed E-state index contributed by atoms with van der Waals surface area (Å²) in [4.78, 5) is 0. The summed E-state index contributed by atoms with van der Waals surface area (Å²) in [6.45, 7) is 0.888. The third-order valence-electron chi connectivity index (χ3n) is 2.96. The minimum absolute atomic E-state index is 0.389. The van der Waals surface area contributed by atoms with Gasteiger partial charge < -0.3 is 0 Å². The topological polar surface area (TPSA) is 61.2 Å². The summed E-state index contributed by atoms with van der Waals surface area (Å²) in [5.74, 6) is -0.435. The molecule has 0 radical (unpaired) electrons. The minimum atomic E-state index is -3.43. The number of nitriles is 1. The van der Waals surface area contributed by atoms with Crippen LogP contribution in [0, 0.1) is 11.3 Å². The molecular weight excluding hydrogens is 236 g/mol. The molecule has 5 heteroatoms. The number of benzene rings is 1. The summed E-state index contributed by atoms with van der Waals surface area (Å²) < 4.78 is 25.1. The first-order chi connectivity index (χ1) is 8.13. The number of rotatable bonds is 2. The van der Waals surface area contributed by atoms with E-state index in [2.05, 4.69) is 0 Å². The van der Waals surface area contributed by atoms with Gasteiger partial charge >= 0.3 is 0 Å². The van der Waals surface area contributed by atoms with E-state index in [0.717, 1.165) is 18.4 Å². The van der Waals surface area contributed by atoms with E-state index in [-0.39, 0.29) is 0 Å². The average Bonchev–Trinajstić information content (AvgIpc) is 2.51. The number of hydrogen-bond donors (Lipinski definition) is 0. The molecule has 1 heterocycles. The Hall–Kier alpha value is -1.38. The molecule has 1 aromatic rings. The van der Waals surface area contributed by atoms with Crippen LogP contribution < -0.4 is 0 Å². The predicted molar refractivity (Wildman–Crippen MR) is 64.6 cm³/mol. The lowest BCUT2D eigenvalue weighted by Crippen LogP contribution is -2.32. The van der Waals surface area contributed by atoms with Crippen LogP contribution in [0.5, 0.6) is 0 Å². The maximum Gasteiger partial charge on any atom is 0.227 e. The molecule has 4 nitrogen and oxygen atoms in total. The van der Waals surface area contributed by atoms with Gasteiger partial charge in [0.15, 0.2) is 5.75 Å². The fraction of sp³-hybridized carbons (Fsp3) is 0.417. The fourth-order valence-corrected chi connectivity index (χ4v) is 3.17. The van der Waals surface area contributed by atoms with Gasteiger partial charge in [-0.15, -0.1) is 0 Å². The first-order valence-corrected chi connectivity index (χ1v) is 7.16. The van der Waals surface area contributed by atoms with E-state index in [1.54, 1.807) is 6.07 Å². The summed E-state index contributed by atoms with van der Waals surface area (Å²) in [6.07, 6.45) is 1.70. The summed E-state index contributed by atoms with van der Waals surface area (Å²) in [5, 5.41) is 8.54. The molecular formula is C12H14N2O2S. The molecule has 1 aliphatic rings. The van der Waals surface area contributed by atoms with Crippen molar-refractivity contribution in [2.45, 2.75) is 19.4 Å². The predicted octanol–water partition coefficient (Wildman–Crippen LogP) is 1.29. The van der Waals surface area contributed by atoms with Gasteiger partial charge in [-0.2, -0.15) is 9.57 Å². The molecule has 17 heavy (non-hydrogen) atoms. The van der Waals surface area contributed by atoms with Crippen molar-refractivity contribution < 1.29 is 8.42 Å². The molecule has 0 N–H and O–H groups in total. The Labute approximate surface area is 102 Å². The van der Waals surface area contributed by atoms with Crippen molar-refractivity contribution in [3.05, 3.63) is 35.4 Å². The third kappa shape index (κ3) is 2.65. The largest absolute Gasteiger partial charge is 0.227 e. The van der Waals surface area contributed by atoms with Crippen molar-refractivity contribution in [1.29, 1.82) is 5.26 Å². The Kier molecular flexibility index (Phi) is 3.46. The molecule has 0 spiro atoms. The lowest BCUT2D eigenvalue weighted by atomic mass is 10.0. The number of hydrogen-bond acceptors (Lipinski definition) is 3. The van der Waals surface area contributed by atoms with Gasteiger partial charge in [-0.05, 0) is 24.0 Å². The second-order valence-electron chi connectivity index (χ2n) is 4.12. The SMILES string of the molecule is N#CCS(=O)(=O)N1CCCc2ccccc2C1. The lowest BCUT2D eigenvalue weighted by molar-refractivity contribution is 0.412. The van der Waals surface area contributed by atoms with E-state index in [4.69, 9.17) is 5.26 Å². The van der Waals surface area contributed by atoms with Crippen molar-refractivity contribution in [2.24, 2.45) is 0 Å². The molecule has 0 unspecified atom stereocenters. The normalized spacial score (nSPS) is 16.9. The highest BCUT2D eigenvalue weighted by atomic mass is 32.2. The molecule has 0 aliphatic carbocycles. The van der Waals surface area contributed by atoms with Crippen molar-refractivity contribution in [3.63, 3.8) is 0 Å². The maximum atomic E-state index is 11.9. The molecule has 0 amide bonds. The van der Waals surface area contributed by atoms with Crippen LogP contribution in [0.3, 0.4) is 0 Å². The van der Waals surface area contributed by atoms with Gasteiger partial charge in [-0.3, -0.25) is 0 Å². The highest BCUT2D eigenvalue weighted by molar-refractivity contribution is 7.89. The van der Waals surface area contributed by atoms with Crippen LogP contribution in [0.2, 0.25) is 0 Å². The molecule has 2 rings (SSSR count). The molecule has 0 aromatic heterocycles. The Bertz CT molecular complexity index is 546. The van der Waals surface area contributed by atoms with Gasteiger partial charge in [0.25, 0.3) is 0 Å². The van der Waals surface area contributed by atoms with Crippen molar-refractivity contribution in [1.82, 2.24) is 4.31 Å². The second-order valence-corrected chi connectivity index (χ2v) is 6.09. The Balaban J connectivity index is 2.28.